The first-order valence-electron chi connectivity index (χ1n) is 10.9. The van der Waals surface area contributed by atoms with Gasteiger partial charge in [-0.1, -0.05) is 48.0 Å². The lowest BCUT2D eigenvalue weighted by molar-refractivity contribution is -0.113. The number of para-hydroxylation sites is 2. The van der Waals surface area contributed by atoms with Crippen molar-refractivity contribution < 1.29 is 14.3 Å². The van der Waals surface area contributed by atoms with Gasteiger partial charge in [-0.05, 0) is 79.4 Å². The average Bonchev–Trinajstić information content (AvgIpc) is 3.36. The molecule has 0 saturated carbocycles. The van der Waals surface area contributed by atoms with Crippen molar-refractivity contribution in [3.8, 4) is 11.5 Å². The number of carbonyl (C=O) groups is 1. The molecule has 2 aliphatic heterocycles. The number of anilines is 1. The molecule has 0 aromatic heterocycles. The molecule has 3 aromatic carbocycles. The van der Waals surface area contributed by atoms with E-state index in [4.69, 9.17) is 26.1 Å². The summed E-state index contributed by atoms with van der Waals surface area (Å²) >= 11 is 7.85. The summed E-state index contributed by atoms with van der Waals surface area (Å²) < 4.78 is 10.9. The van der Waals surface area contributed by atoms with E-state index >= 15 is 0 Å². The molecule has 0 atom stereocenters. The molecular formula is C27H23ClN2O3S. The Morgan fingerprint density at radius 1 is 0.941 bits per heavy atom. The van der Waals surface area contributed by atoms with Gasteiger partial charge < -0.3 is 9.47 Å². The monoisotopic (exact) mass is 490 g/mol. The maximum Gasteiger partial charge on any atom is 0.271 e. The maximum atomic E-state index is 13.8. The van der Waals surface area contributed by atoms with Crippen molar-refractivity contribution in [3.63, 3.8) is 0 Å². The second-order valence-corrected chi connectivity index (χ2v) is 9.77. The molecular weight excluding hydrogens is 468 g/mol. The number of benzene rings is 3. The normalized spacial score (nSPS) is 17.3. The van der Waals surface area contributed by atoms with E-state index in [0.717, 1.165) is 33.6 Å². The number of carbonyl (C=O) groups excluding carboxylic acids is 1. The highest BCUT2D eigenvalue weighted by Gasteiger charge is 2.36. The van der Waals surface area contributed by atoms with Gasteiger partial charge >= 0.3 is 0 Å². The zero-order valence-corrected chi connectivity index (χ0v) is 20.9. The minimum absolute atomic E-state index is 0.138. The Kier molecular flexibility index (Phi) is 5.88. The minimum Gasteiger partial charge on any atom is -0.454 e. The molecule has 2 aliphatic rings. The van der Waals surface area contributed by atoms with E-state index in [-0.39, 0.29) is 12.7 Å². The molecule has 0 aliphatic carbocycles. The van der Waals surface area contributed by atoms with Gasteiger partial charge in [0.1, 0.15) is 0 Å². The highest BCUT2D eigenvalue weighted by Crippen LogP contribution is 2.43. The van der Waals surface area contributed by atoms with Crippen LogP contribution in [0.4, 0.5) is 11.4 Å². The standard InChI is InChI=1S/C27H23ClN2O3S/c1-15-7-5-8-16(2)24(15)29-27-30(25-17(3)9-6-10-18(25)4)26(31)23(34-27)12-19-11-21-22(13-20(19)28)33-14-32-21/h5-13H,14H2,1-4H3. The summed E-state index contributed by atoms with van der Waals surface area (Å²) in [6.07, 6.45) is 1.80. The number of aliphatic imine (C=N–C) groups is 1. The lowest BCUT2D eigenvalue weighted by Crippen LogP contribution is -2.30. The minimum atomic E-state index is -0.138. The van der Waals surface area contributed by atoms with Crippen LogP contribution in [-0.4, -0.2) is 17.9 Å². The Balaban J connectivity index is 1.66. The molecule has 0 N–H and O–H groups in total. The van der Waals surface area contributed by atoms with Crippen molar-refractivity contribution in [2.24, 2.45) is 4.99 Å². The topological polar surface area (TPSA) is 51.1 Å². The Morgan fingerprint density at radius 3 is 2.18 bits per heavy atom. The first-order valence-corrected chi connectivity index (χ1v) is 12.1. The number of nitrogens with zero attached hydrogens (tertiary/aromatic N) is 2. The molecule has 1 fully saturated rings. The number of aryl methyl sites for hydroxylation is 4. The van der Waals surface area contributed by atoms with Gasteiger partial charge in [0.2, 0.25) is 6.79 Å². The predicted octanol–water partition coefficient (Wildman–Crippen LogP) is 7.11. The van der Waals surface area contributed by atoms with Crippen LogP contribution in [0.25, 0.3) is 6.08 Å². The molecule has 0 spiro atoms. The van der Waals surface area contributed by atoms with Gasteiger partial charge in [0.05, 0.1) is 21.3 Å². The van der Waals surface area contributed by atoms with E-state index in [9.17, 15) is 4.79 Å². The lowest BCUT2D eigenvalue weighted by atomic mass is 10.1. The molecule has 5 nitrogen and oxygen atoms in total. The Labute approximate surface area is 208 Å². The van der Waals surface area contributed by atoms with Crippen molar-refractivity contribution in [1.29, 1.82) is 0 Å². The van der Waals surface area contributed by atoms with Crippen LogP contribution in [-0.2, 0) is 4.79 Å². The number of amidine groups is 1. The lowest BCUT2D eigenvalue weighted by Gasteiger charge is -2.21. The van der Waals surface area contributed by atoms with E-state index < -0.39 is 0 Å². The maximum absolute atomic E-state index is 13.8. The second-order valence-electron chi connectivity index (χ2n) is 8.35. The number of amides is 1. The van der Waals surface area contributed by atoms with Crippen LogP contribution in [0.1, 0.15) is 27.8 Å². The van der Waals surface area contributed by atoms with Crippen molar-refractivity contribution in [3.05, 3.63) is 86.3 Å². The summed E-state index contributed by atoms with van der Waals surface area (Å²) in [6.45, 7) is 8.23. The number of rotatable bonds is 3. The Morgan fingerprint density at radius 2 is 1.53 bits per heavy atom. The third-order valence-electron chi connectivity index (χ3n) is 5.89. The summed E-state index contributed by atoms with van der Waals surface area (Å²) in [5.41, 5.74) is 6.53. The Hall–Kier alpha value is -3.22. The molecule has 0 unspecified atom stereocenters. The fourth-order valence-corrected chi connectivity index (χ4v) is 5.34. The van der Waals surface area contributed by atoms with Gasteiger partial charge in [0.25, 0.3) is 5.91 Å². The molecule has 0 bridgehead atoms. The van der Waals surface area contributed by atoms with Crippen LogP contribution in [0.3, 0.4) is 0 Å². The van der Waals surface area contributed by atoms with E-state index in [0.29, 0.717) is 32.2 Å². The molecule has 1 amide bonds. The van der Waals surface area contributed by atoms with E-state index in [1.807, 2.05) is 64.1 Å². The van der Waals surface area contributed by atoms with Crippen LogP contribution in [0.2, 0.25) is 5.02 Å². The predicted molar refractivity (Wildman–Crippen MR) is 140 cm³/mol. The zero-order valence-electron chi connectivity index (χ0n) is 19.3. The smallest absolute Gasteiger partial charge is 0.271 e. The molecule has 0 radical (unpaired) electrons. The number of thioether (sulfide) groups is 1. The molecule has 3 aromatic rings. The largest absolute Gasteiger partial charge is 0.454 e. The van der Waals surface area contributed by atoms with Crippen LogP contribution < -0.4 is 14.4 Å². The number of hydrogen-bond acceptors (Lipinski definition) is 5. The van der Waals surface area contributed by atoms with Gasteiger partial charge in [-0.25, -0.2) is 4.99 Å². The highest BCUT2D eigenvalue weighted by molar-refractivity contribution is 8.19. The fraction of sp³-hybridized carbons (Fsp3) is 0.185. The van der Waals surface area contributed by atoms with Crippen molar-refractivity contribution in [2.45, 2.75) is 27.7 Å². The first kappa shape index (κ1) is 22.6. The van der Waals surface area contributed by atoms with Crippen LogP contribution in [0, 0.1) is 27.7 Å². The van der Waals surface area contributed by atoms with E-state index in [1.165, 1.54) is 11.8 Å². The van der Waals surface area contributed by atoms with Crippen LogP contribution >= 0.6 is 23.4 Å². The van der Waals surface area contributed by atoms with Crippen LogP contribution in [0.15, 0.2) is 58.4 Å². The third kappa shape index (κ3) is 3.97. The highest BCUT2D eigenvalue weighted by atomic mass is 35.5. The second kappa shape index (κ2) is 8.85. The van der Waals surface area contributed by atoms with Gasteiger partial charge in [-0.2, -0.15) is 0 Å². The van der Waals surface area contributed by atoms with Crippen molar-refractivity contribution in [1.82, 2.24) is 0 Å². The molecule has 34 heavy (non-hydrogen) atoms. The number of fused-ring (bicyclic) bond motifs is 1. The van der Waals surface area contributed by atoms with E-state index in [1.54, 1.807) is 23.1 Å². The summed E-state index contributed by atoms with van der Waals surface area (Å²) in [6, 6.07) is 15.6. The summed E-state index contributed by atoms with van der Waals surface area (Å²) in [7, 11) is 0. The summed E-state index contributed by atoms with van der Waals surface area (Å²) in [5, 5.41) is 1.10. The van der Waals surface area contributed by atoms with Gasteiger partial charge in [-0.15, -0.1) is 0 Å². The molecule has 5 rings (SSSR count). The van der Waals surface area contributed by atoms with Gasteiger partial charge in [-0.3, -0.25) is 9.69 Å². The van der Waals surface area contributed by atoms with Crippen LogP contribution in [0.5, 0.6) is 11.5 Å². The van der Waals surface area contributed by atoms with Gasteiger partial charge in [0, 0.05) is 6.07 Å². The average molecular weight is 491 g/mol. The molecule has 2 heterocycles. The van der Waals surface area contributed by atoms with Gasteiger partial charge in [0.15, 0.2) is 16.7 Å². The number of hydrogen-bond donors (Lipinski definition) is 0. The zero-order chi connectivity index (χ0) is 24.0. The molecule has 7 heteroatoms. The SMILES string of the molecule is Cc1cccc(C)c1N=C1SC(=Cc2cc3c(cc2Cl)OCO3)C(=O)N1c1c(C)cccc1C. The van der Waals surface area contributed by atoms with E-state index in [2.05, 4.69) is 0 Å². The first-order chi connectivity index (χ1) is 16.3. The van der Waals surface area contributed by atoms with Crippen molar-refractivity contribution in [2.75, 3.05) is 11.7 Å². The summed E-state index contributed by atoms with van der Waals surface area (Å²) in [4.78, 5) is 21.0. The Bertz CT molecular complexity index is 1360. The summed E-state index contributed by atoms with van der Waals surface area (Å²) in [5.74, 6) is 1.08. The molecule has 172 valence electrons. The fourth-order valence-electron chi connectivity index (χ4n) is 4.17. The number of ether oxygens (including phenoxy) is 2. The molecule has 1 saturated heterocycles. The quantitative estimate of drug-likeness (QED) is 0.367. The van der Waals surface area contributed by atoms with Crippen molar-refractivity contribution >= 4 is 51.9 Å². The number of halogens is 1. The third-order valence-corrected chi connectivity index (χ3v) is 7.19.